The van der Waals surface area contributed by atoms with Crippen molar-refractivity contribution < 1.29 is 14.7 Å². The summed E-state index contributed by atoms with van der Waals surface area (Å²) in [6.45, 7) is 3.49. The van der Waals surface area contributed by atoms with E-state index in [-0.39, 0.29) is 11.6 Å². The minimum absolute atomic E-state index is 0.188. The first-order valence-corrected chi connectivity index (χ1v) is 7.78. The molecule has 0 aliphatic carbocycles. The van der Waals surface area contributed by atoms with Crippen LogP contribution in [-0.4, -0.2) is 28.0 Å². The zero-order chi connectivity index (χ0) is 14.7. The van der Waals surface area contributed by atoms with Crippen LogP contribution in [0.2, 0.25) is 0 Å². The van der Waals surface area contributed by atoms with Crippen LogP contribution >= 0.6 is 22.7 Å². The molecule has 1 amide bonds. The highest BCUT2D eigenvalue weighted by molar-refractivity contribution is 7.20. The van der Waals surface area contributed by atoms with E-state index in [0.717, 1.165) is 9.88 Å². The number of carboxylic acids is 1. The second-order valence-electron chi connectivity index (χ2n) is 4.55. The van der Waals surface area contributed by atoms with Gasteiger partial charge < -0.3 is 10.4 Å². The Morgan fingerprint density at radius 1 is 1.35 bits per heavy atom. The van der Waals surface area contributed by atoms with Crippen molar-refractivity contribution in [3.05, 3.63) is 28.6 Å². The molecular formula is C13H14N2O3S2. The number of carbonyl (C=O) groups is 2. The molecule has 2 heterocycles. The summed E-state index contributed by atoms with van der Waals surface area (Å²) in [5.41, 5.74) is 0.255. The zero-order valence-electron chi connectivity index (χ0n) is 11.0. The third-order valence-corrected chi connectivity index (χ3v) is 4.57. The molecular weight excluding hydrogens is 296 g/mol. The Kier molecular flexibility index (Phi) is 4.51. The third-order valence-electron chi connectivity index (χ3n) is 2.69. The van der Waals surface area contributed by atoms with Crippen LogP contribution in [0.4, 0.5) is 0 Å². The van der Waals surface area contributed by atoms with Gasteiger partial charge in [0.05, 0.1) is 4.88 Å². The molecule has 5 nitrogen and oxygen atoms in total. The number of carboxylic acid groups (broad SMARTS) is 1. The fourth-order valence-electron chi connectivity index (χ4n) is 1.62. The maximum atomic E-state index is 12.0. The summed E-state index contributed by atoms with van der Waals surface area (Å²) in [7, 11) is 0. The molecule has 0 aliphatic rings. The summed E-state index contributed by atoms with van der Waals surface area (Å²) < 4.78 is 0. The summed E-state index contributed by atoms with van der Waals surface area (Å²) in [6.07, 6.45) is 0. The SMILES string of the molecule is CC(C)C(NC(=O)c1csc(-c2cccs2)n1)C(=O)O. The van der Waals surface area contributed by atoms with Crippen molar-refractivity contribution in [3.63, 3.8) is 0 Å². The number of nitrogens with zero attached hydrogens (tertiary/aromatic N) is 1. The highest BCUT2D eigenvalue weighted by Gasteiger charge is 2.25. The molecule has 0 saturated heterocycles. The first-order valence-electron chi connectivity index (χ1n) is 6.02. The normalized spacial score (nSPS) is 12.3. The Labute approximate surface area is 124 Å². The summed E-state index contributed by atoms with van der Waals surface area (Å²) in [6, 6.07) is 2.94. The van der Waals surface area contributed by atoms with Crippen LogP contribution in [-0.2, 0) is 4.79 Å². The van der Waals surface area contributed by atoms with Crippen molar-refractivity contribution >= 4 is 34.6 Å². The van der Waals surface area contributed by atoms with Crippen LogP contribution in [0.25, 0.3) is 9.88 Å². The van der Waals surface area contributed by atoms with E-state index in [9.17, 15) is 9.59 Å². The Morgan fingerprint density at radius 2 is 2.10 bits per heavy atom. The van der Waals surface area contributed by atoms with Gasteiger partial charge in [-0.2, -0.15) is 0 Å². The van der Waals surface area contributed by atoms with E-state index in [4.69, 9.17) is 5.11 Å². The zero-order valence-corrected chi connectivity index (χ0v) is 12.6. The average molecular weight is 310 g/mol. The van der Waals surface area contributed by atoms with E-state index in [1.165, 1.54) is 11.3 Å². The molecule has 2 N–H and O–H groups in total. The number of thiophene rings is 1. The van der Waals surface area contributed by atoms with E-state index >= 15 is 0 Å². The molecule has 2 rings (SSSR count). The Bertz CT molecular complexity index is 605. The summed E-state index contributed by atoms with van der Waals surface area (Å²) in [5.74, 6) is -1.68. The molecule has 1 atom stereocenters. The van der Waals surface area contributed by atoms with Gasteiger partial charge in [0, 0.05) is 5.38 Å². The van der Waals surface area contributed by atoms with Gasteiger partial charge in [-0.1, -0.05) is 19.9 Å². The van der Waals surface area contributed by atoms with Gasteiger partial charge in [0.2, 0.25) is 0 Å². The molecule has 106 valence electrons. The van der Waals surface area contributed by atoms with Crippen LogP contribution in [0.5, 0.6) is 0 Å². The second-order valence-corrected chi connectivity index (χ2v) is 6.35. The van der Waals surface area contributed by atoms with Crippen LogP contribution in [0, 0.1) is 5.92 Å². The number of amides is 1. The van der Waals surface area contributed by atoms with Crippen molar-refractivity contribution in [2.24, 2.45) is 5.92 Å². The number of rotatable bonds is 5. The summed E-state index contributed by atoms with van der Waals surface area (Å²) in [5, 5.41) is 15.9. The number of thiazole rings is 1. The highest BCUT2D eigenvalue weighted by atomic mass is 32.1. The number of hydrogen-bond acceptors (Lipinski definition) is 5. The van der Waals surface area contributed by atoms with Gasteiger partial charge in [-0.15, -0.1) is 22.7 Å². The molecule has 2 aromatic heterocycles. The lowest BCUT2D eigenvalue weighted by Gasteiger charge is -2.16. The fourth-order valence-corrected chi connectivity index (χ4v) is 3.23. The number of aliphatic carboxylic acids is 1. The molecule has 0 fully saturated rings. The minimum atomic E-state index is -1.04. The third kappa shape index (κ3) is 3.23. The van der Waals surface area contributed by atoms with Gasteiger partial charge in [-0.05, 0) is 17.4 Å². The van der Waals surface area contributed by atoms with Gasteiger partial charge in [0.25, 0.3) is 5.91 Å². The predicted molar refractivity (Wildman–Crippen MR) is 79.2 cm³/mol. The van der Waals surface area contributed by atoms with Crippen LogP contribution < -0.4 is 5.32 Å². The molecule has 7 heteroatoms. The minimum Gasteiger partial charge on any atom is -0.480 e. The molecule has 20 heavy (non-hydrogen) atoms. The number of carbonyl (C=O) groups excluding carboxylic acids is 1. The molecule has 2 aromatic rings. The van der Waals surface area contributed by atoms with Crippen molar-refractivity contribution in [3.8, 4) is 9.88 Å². The summed E-state index contributed by atoms with van der Waals surface area (Å²) in [4.78, 5) is 28.3. The Balaban J connectivity index is 2.12. The standard InChI is InChI=1S/C13H14N2O3S2/c1-7(2)10(13(17)18)15-11(16)8-6-20-12(14-8)9-4-3-5-19-9/h3-7,10H,1-2H3,(H,15,16)(H,17,18). The molecule has 0 saturated carbocycles. The number of nitrogens with one attached hydrogen (secondary N) is 1. The quantitative estimate of drug-likeness (QED) is 0.890. The lowest BCUT2D eigenvalue weighted by molar-refractivity contribution is -0.140. The van der Waals surface area contributed by atoms with E-state index < -0.39 is 17.9 Å². The maximum Gasteiger partial charge on any atom is 0.326 e. The lowest BCUT2D eigenvalue weighted by atomic mass is 10.0. The highest BCUT2D eigenvalue weighted by Crippen LogP contribution is 2.27. The van der Waals surface area contributed by atoms with Crippen molar-refractivity contribution in [1.82, 2.24) is 10.3 Å². The van der Waals surface area contributed by atoms with Crippen LogP contribution in [0.15, 0.2) is 22.9 Å². The predicted octanol–water partition coefficient (Wildman–Crippen LogP) is 2.71. The molecule has 0 aromatic carbocycles. The Hall–Kier alpha value is -1.73. The van der Waals surface area contributed by atoms with Crippen LogP contribution in [0.1, 0.15) is 24.3 Å². The molecule has 1 unspecified atom stereocenters. The van der Waals surface area contributed by atoms with Gasteiger partial charge in [-0.25, -0.2) is 9.78 Å². The molecule has 0 spiro atoms. The largest absolute Gasteiger partial charge is 0.480 e. The van der Waals surface area contributed by atoms with Gasteiger partial charge >= 0.3 is 5.97 Å². The van der Waals surface area contributed by atoms with Crippen molar-refractivity contribution in [1.29, 1.82) is 0 Å². The topological polar surface area (TPSA) is 79.3 Å². The average Bonchev–Trinajstić information content (AvgIpc) is 3.04. The van der Waals surface area contributed by atoms with Crippen LogP contribution in [0.3, 0.4) is 0 Å². The Morgan fingerprint density at radius 3 is 2.65 bits per heavy atom. The van der Waals surface area contributed by atoms with Gasteiger partial charge in [-0.3, -0.25) is 4.79 Å². The van der Waals surface area contributed by atoms with E-state index in [1.54, 1.807) is 30.6 Å². The van der Waals surface area contributed by atoms with Crippen molar-refractivity contribution in [2.45, 2.75) is 19.9 Å². The number of aromatic nitrogens is 1. The first-order chi connectivity index (χ1) is 9.49. The van der Waals surface area contributed by atoms with Gasteiger partial charge in [0.15, 0.2) is 0 Å². The van der Waals surface area contributed by atoms with E-state index in [0.29, 0.717) is 0 Å². The lowest BCUT2D eigenvalue weighted by Crippen LogP contribution is -2.44. The monoisotopic (exact) mass is 310 g/mol. The molecule has 0 radical (unpaired) electrons. The number of hydrogen-bond donors (Lipinski definition) is 2. The smallest absolute Gasteiger partial charge is 0.326 e. The summed E-state index contributed by atoms with van der Waals surface area (Å²) >= 11 is 2.92. The first kappa shape index (κ1) is 14.7. The second kappa shape index (κ2) is 6.15. The van der Waals surface area contributed by atoms with E-state index in [2.05, 4.69) is 10.3 Å². The molecule has 0 bridgehead atoms. The van der Waals surface area contributed by atoms with Crippen molar-refractivity contribution in [2.75, 3.05) is 0 Å². The van der Waals surface area contributed by atoms with Gasteiger partial charge in [0.1, 0.15) is 16.7 Å². The maximum absolute atomic E-state index is 12.0. The molecule has 0 aliphatic heterocycles. The van der Waals surface area contributed by atoms with E-state index in [1.807, 2.05) is 17.5 Å². The fraction of sp³-hybridized carbons (Fsp3) is 0.308.